The van der Waals surface area contributed by atoms with Crippen molar-refractivity contribution in [1.29, 1.82) is 0 Å². The number of halogens is 2. The Balaban J connectivity index is 2.15. The van der Waals surface area contributed by atoms with Crippen LogP contribution < -0.4 is 10.1 Å². The molecular formula is C21H25Cl2N3O. The van der Waals surface area contributed by atoms with Crippen molar-refractivity contribution in [3.63, 3.8) is 0 Å². The number of nitrogens with zero attached hydrogens (tertiary/aromatic N) is 1. The minimum Gasteiger partial charge on any atom is -0.494 e. The molecule has 2 N–H and O–H groups in total. The van der Waals surface area contributed by atoms with Gasteiger partial charge in [0, 0.05) is 5.02 Å². The van der Waals surface area contributed by atoms with Crippen LogP contribution in [0.25, 0.3) is 11.0 Å². The summed E-state index contributed by atoms with van der Waals surface area (Å²) in [5.41, 5.74) is 5.95. The molecule has 0 atom stereocenters. The minimum atomic E-state index is 0.464. The number of rotatable bonds is 6. The van der Waals surface area contributed by atoms with Crippen LogP contribution >= 0.6 is 23.2 Å². The van der Waals surface area contributed by atoms with Crippen LogP contribution in [0.5, 0.6) is 5.75 Å². The molecule has 0 saturated heterocycles. The monoisotopic (exact) mass is 405 g/mol. The number of fused-ring (bicyclic) bond motifs is 1. The molecule has 0 saturated carbocycles. The van der Waals surface area contributed by atoms with E-state index >= 15 is 0 Å². The fourth-order valence-electron chi connectivity index (χ4n) is 3.65. The fourth-order valence-corrected chi connectivity index (χ4v) is 4.29. The molecule has 2 aromatic carbocycles. The van der Waals surface area contributed by atoms with Gasteiger partial charge in [0.2, 0.25) is 5.95 Å². The van der Waals surface area contributed by atoms with E-state index in [0.717, 1.165) is 46.4 Å². The topological polar surface area (TPSA) is 49.9 Å². The number of hydrogen-bond acceptors (Lipinski definition) is 3. The van der Waals surface area contributed by atoms with Crippen LogP contribution in [0, 0.1) is 13.8 Å². The lowest BCUT2D eigenvalue weighted by molar-refractivity contribution is 0.415. The van der Waals surface area contributed by atoms with Gasteiger partial charge in [-0.1, -0.05) is 37.0 Å². The third kappa shape index (κ3) is 3.74. The average molecular weight is 406 g/mol. The first kappa shape index (κ1) is 19.8. The first-order valence-corrected chi connectivity index (χ1v) is 9.94. The highest BCUT2D eigenvalue weighted by molar-refractivity contribution is 6.36. The number of aromatic nitrogens is 2. The van der Waals surface area contributed by atoms with Gasteiger partial charge in [0.25, 0.3) is 0 Å². The molecule has 3 aromatic rings. The maximum atomic E-state index is 6.38. The molecule has 0 radical (unpaired) electrons. The second-order valence-corrected chi connectivity index (χ2v) is 7.69. The molecule has 0 aliphatic rings. The number of anilines is 2. The highest BCUT2D eigenvalue weighted by atomic mass is 35.5. The van der Waals surface area contributed by atoms with Gasteiger partial charge in [-0.15, -0.1) is 0 Å². The first-order chi connectivity index (χ1) is 12.9. The van der Waals surface area contributed by atoms with Crippen LogP contribution in [0.3, 0.4) is 0 Å². The molecule has 0 bridgehead atoms. The summed E-state index contributed by atoms with van der Waals surface area (Å²) in [5.74, 6) is 1.89. The lowest BCUT2D eigenvalue weighted by Crippen LogP contribution is -2.00. The van der Waals surface area contributed by atoms with E-state index in [4.69, 9.17) is 32.9 Å². The van der Waals surface area contributed by atoms with Gasteiger partial charge in [0.05, 0.1) is 23.3 Å². The van der Waals surface area contributed by atoms with Crippen molar-refractivity contribution in [2.75, 3.05) is 12.4 Å². The van der Waals surface area contributed by atoms with Gasteiger partial charge in [0.15, 0.2) is 0 Å². The number of nitrogens with one attached hydrogen (secondary N) is 2. The van der Waals surface area contributed by atoms with E-state index in [1.165, 1.54) is 5.56 Å². The molecule has 3 rings (SSSR count). The number of aromatic amines is 1. The largest absolute Gasteiger partial charge is 0.494 e. The molecule has 0 fully saturated rings. The summed E-state index contributed by atoms with van der Waals surface area (Å²) in [6.45, 7) is 8.45. The van der Waals surface area contributed by atoms with Gasteiger partial charge in [-0.05, 0) is 67.5 Å². The Bertz CT molecular complexity index is 954. The van der Waals surface area contributed by atoms with Crippen molar-refractivity contribution in [2.24, 2.45) is 0 Å². The molecule has 6 heteroatoms. The Morgan fingerprint density at radius 2 is 1.81 bits per heavy atom. The quantitative estimate of drug-likeness (QED) is 0.457. The number of benzene rings is 2. The molecule has 144 valence electrons. The van der Waals surface area contributed by atoms with Crippen LogP contribution in [-0.2, 0) is 0 Å². The van der Waals surface area contributed by atoms with E-state index in [1.807, 2.05) is 13.0 Å². The number of ether oxygens (including phenoxy) is 1. The van der Waals surface area contributed by atoms with E-state index in [0.29, 0.717) is 21.9 Å². The third-order valence-electron chi connectivity index (χ3n) is 5.06. The lowest BCUT2D eigenvalue weighted by atomic mass is 9.91. The molecule has 0 unspecified atom stereocenters. The molecule has 27 heavy (non-hydrogen) atoms. The van der Waals surface area contributed by atoms with Crippen LogP contribution in [-0.4, -0.2) is 17.1 Å². The first-order valence-electron chi connectivity index (χ1n) is 9.19. The number of H-pyrrole nitrogens is 1. The van der Waals surface area contributed by atoms with Crippen molar-refractivity contribution in [1.82, 2.24) is 9.97 Å². The van der Waals surface area contributed by atoms with Gasteiger partial charge in [-0.3, -0.25) is 0 Å². The minimum absolute atomic E-state index is 0.464. The van der Waals surface area contributed by atoms with E-state index in [2.05, 4.69) is 37.1 Å². The summed E-state index contributed by atoms with van der Waals surface area (Å²) < 4.78 is 5.63. The summed E-state index contributed by atoms with van der Waals surface area (Å²) in [7, 11) is 1.68. The summed E-state index contributed by atoms with van der Waals surface area (Å²) in [5, 5.41) is 4.49. The van der Waals surface area contributed by atoms with Crippen LogP contribution in [0.2, 0.25) is 10.0 Å². The predicted molar refractivity (Wildman–Crippen MR) is 115 cm³/mol. The maximum absolute atomic E-state index is 6.38. The highest BCUT2D eigenvalue weighted by Crippen LogP contribution is 2.38. The zero-order valence-corrected chi connectivity index (χ0v) is 17.8. The Labute approximate surface area is 170 Å². The van der Waals surface area contributed by atoms with Gasteiger partial charge >= 0.3 is 0 Å². The van der Waals surface area contributed by atoms with Crippen LogP contribution in [0.15, 0.2) is 18.2 Å². The van der Waals surface area contributed by atoms with Gasteiger partial charge in [0.1, 0.15) is 11.3 Å². The molecule has 4 nitrogen and oxygen atoms in total. The fraction of sp³-hybridized carbons (Fsp3) is 0.381. The number of imidazole rings is 1. The molecule has 0 aliphatic carbocycles. The summed E-state index contributed by atoms with van der Waals surface area (Å²) in [6.07, 6.45) is 2.14. The van der Waals surface area contributed by atoms with Crippen LogP contribution in [0.4, 0.5) is 11.6 Å². The van der Waals surface area contributed by atoms with E-state index in [1.54, 1.807) is 13.2 Å². The summed E-state index contributed by atoms with van der Waals surface area (Å²) >= 11 is 12.5. The SMILES string of the molecule is CCC(CC)c1cc(C)c(OC)c2nc(Nc3c(C)cc(Cl)cc3Cl)[nH]c12. The molecular weight excluding hydrogens is 381 g/mol. The summed E-state index contributed by atoms with van der Waals surface area (Å²) in [4.78, 5) is 8.21. The smallest absolute Gasteiger partial charge is 0.205 e. The molecule has 1 heterocycles. The predicted octanol–water partition coefficient (Wildman–Crippen LogP) is 7.14. The maximum Gasteiger partial charge on any atom is 0.205 e. The Kier molecular flexibility index (Phi) is 5.87. The third-order valence-corrected chi connectivity index (χ3v) is 5.58. The van der Waals surface area contributed by atoms with Gasteiger partial charge in [-0.25, -0.2) is 4.98 Å². The second-order valence-electron chi connectivity index (χ2n) is 6.84. The van der Waals surface area contributed by atoms with Crippen molar-refractivity contribution in [3.8, 4) is 5.75 Å². The van der Waals surface area contributed by atoms with Crippen molar-refractivity contribution >= 4 is 45.9 Å². The van der Waals surface area contributed by atoms with Gasteiger partial charge in [-0.2, -0.15) is 0 Å². The number of hydrogen-bond donors (Lipinski definition) is 2. The molecule has 1 aromatic heterocycles. The number of aryl methyl sites for hydroxylation is 2. The zero-order valence-electron chi connectivity index (χ0n) is 16.3. The van der Waals surface area contributed by atoms with E-state index in [9.17, 15) is 0 Å². The summed E-state index contributed by atoms with van der Waals surface area (Å²) in [6, 6.07) is 5.81. The number of methoxy groups -OCH3 is 1. The Hall–Kier alpha value is -1.91. The molecule has 0 aliphatic heterocycles. The lowest BCUT2D eigenvalue weighted by Gasteiger charge is -2.16. The van der Waals surface area contributed by atoms with Crippen LogP contribution in [0.1, 0.15) is 49.3 Å². The van der Waals surface area contributed by atoms with Gasteiger partial charge < -0.3 is 15.0 Å². The molecule has 0 amide bonds. The van der Waals surface area contributed by atoms with E-state index in [-0.39, 0.29) is 0 Å². The average Bonchev–Trinajstić information content (AvgIpc) is 3.03. The Morgan fingerprint density at radius 3 is 2.41 bits per heavy atom. The highest BCUT2D eigenvalue weighted by Gasteiger charge is 2.20. The standard InChI is InChI=1S/C21H25Cl2N3O/c1-6-13(7-2)15-9-12(4)20(27-5)19-18(15)25-21(26-19)24-17-11(3)8-14(22)10-16(17)23/h8-10,13H,6-7H2,1-5H3,(H2,24,25,26). The molecule has 0 spiro atoms. The van der Waals surface area contributed by atoms with Crippen molar-refractivity contribution in [3.05, 3.63) is 44.9 Å². The Morgan fingerprint density at radius 1 is 1.11 bits per heavy atom. The zero-order chi connectivity index (χ0) is 19.7. The second kappa shape index (κ2) is 7.99. The van der Waals surface area contributed by atoms with E-state index < -0.39 is 0 Å². The normalized spacial score (nSPS) is 11.4. The van der Waals surface area contributed by atoms with Crippen molar-refractivity contribution < 1.29 is 4.74 Å². The van der Waals surface area contributed by atoms with Crippen molar-refractivity contribution in [2.45, 2.75) is 46.5 Å².